The van der Waals surface area contributed by atoms with Gasteiger partial charge in [-0.05, 0) is 35.7 Å². The molecule has 0 aliphatic carbocycles. The molecule has 0 bridgehead atoms. The maximum absolute atomic E-state index is 11.9. The first-order valence-electron chi connectivity index (χ1n) is 6.91. The molecule has 114 valence electrons. The van der Waals surface area contributed by atoms with Crippen molar-refractivity contribution in [1.82, 2.24) is 10.2 Å². The average molecular weight is 324 g/mol. The molecular weight excluding hydrogens is 312 g/mol. The summed E-state index contributed by atoms with van der Waals surface area (Å²) in [6.07, 6.45) is 0.618. The van der Waals surface area contributed by atoms with Crippen molar-refractivity contribution in [2.75, 3.05) is 5.32 Å². The number of anilines is 1. The van der Waals surface area contributed by atoms with Gasteiger partial charge in [0.15, 0.2) is 0 Å². The Morgan fingerprint density at radius 1 is 1.26 bits per heavy atom. The Labute approximate surface area is 136 Å². The highest BCUT2D eigenvalue weighted by atomic mass is 32.1. The zero-order valence-corrected chi connectivity index (χ0v) is 12.8. The molecule has 1 aromatic carbocycles. The molecule has 1 N–H and O–H groups in total. The SMILES string of the molecule is N#Cc1ccc(NC(=O)CCc2nnc(-c3cccs3)o2)cc1. The van der Waals surface area contributed by atoms with E-state index in [2.05, 4.69) is 15.5 Å². The molecule has 1 amide bonds. The lowest BCUT2D eigenvalue weighted by Gasteiger charge is -2.03. The Balaban J connectivity index is 1.53. The highest BCUT2D eigenvalue weighted by Gasteiger charge is 2.11. The monoisotopic (exact) mass is 324 g/mol. The summed E-state index contributed by atoms with van der Waals surface area (Å²) in [5.41, 5.74) is 1.20. The normalized spacial score (nSPS) is 10.2. The fourth-order valence-electron chi connectivity index (χ4n) is 1.93. The summed E-state index contributed by atoms with van der Waals surface area (Å²) in [6, 6.07) is 12.5. The number of carbonyl (C=O) groups is 1. The quantitative estimate of drug-likeness (QED) is 0.778. The highest BCUT2D eigenvalue weighted by Crippen LogP contribution is 2.23. The van der Waals surface area contributed by atoms with Crippen molar-refractivity contribution in [2.24, 2.45) is 0 Å². The van der Waals surface area contributed by atoms with Crippen LogP contribution in [-0.4, -0.2) is 16.1 Å². The second-order valence-electron chi connectivity index (χ2n) is 4.72. The first-order chi connectivity index (χ1) is 11.2. The fourth-order valence-corrected chi connectivity index (χ4v) is 2.57. The highest BCUT2D eigenvalue weighted by molar-refractivity contribution is 7.13. The number of hydrogen-bond acceptors (Lipinski definition) is 6. The number of amides is 1. The van der Waals surface area contributed by atoms with E-state index >= 15 is 0 Å². The second-order valence-corrected chi connectivity index (χ2v) is 5.66. The number of carbonyl (C=O) groups excluding carboxylic acids is 1. The molecule has 0 fully saturated rings. The van der Waals surface area contributed by atoms with Gasteiger partial charge in [-0.15, -0.1) is 21.5 Å². The van der Waals surface area contributed by atoms with Crippen LogP contribution in [-0.2, 0) is 11.2 Å². The smallest absolute Gasteiger partial charge is 0.257 e. The van der Waals surface area contributed by atoms with E-state index in [4.69, 9.17) is 9.68 Å². The van der Waals surface area contributed by atoms with Crippen LogP contribution < -0.4 is 5.32 Å². The molecule has 0 aliphatic heterocycles. The Bertz CT molecular complexity index is 832. The summed E-state index contributed by atoms with van der Waals surface area (Å²) in [6.45, 7) is 0. The number of nitrogens with one attached hydrogen (secondary N) is 1. The third-order valence-corrected chi connectivity index (χ3v) is 3.92. The van der Waals surface area contributed by atoms with Crippen LogP contribution in [0.5, 0.6) is 0 Å². The van der Waals surface area contributed by atoms with Crippen LogP contribution in [0, 0.1) is 11.3 Å². The van der Waals surface area contributed by atoms with E-state index in [1.165, 1.54) is 11.3 Å². The minimum Gasteiger partial charge on any atom is -0.420 e. The predicted molar refractivity (Wildman–Crippen MR) is 85.7 cm³/mol. The molecular formula is C16H12N4O2S. The average Bonchev–Trinajstić information content (AvgIpc) is 3.25. The standard InChI is InChI=1S/C16H12N4O2S/c17-10-11-3-5-12(6-4-11)18-14(21)7-8-15-19-20-16(22-15)13-2-1-9-23-13/h1-6,9H,7-8H2,(H,18,21). The number of thiophene rings is 1. The van der Waals surface area contributed by atoms with Crippen molar-refractivity contribution in [3.63, 3.8) is 0 Å². The summed E-state index contributed by atoms with van der Waals surface area (Å²) in [7, 11) is 0. The molecule has 0 saturated heterocycles. The molecule has 7 heteroatoms. The Morgan fingerprint density at radius 2 is 2.09 bits per heavy atom. The van der Waals surface area contributed by atoms with Crippen LogP contribution in [0.1, 0.15) is 17.9 Å². The lowest BCUT2D eigenvalue weighted by atomic mass is 10.2. The van der Waals surface area contributed by atoms with Crippen LogP contribution in [0.15, 0.2) is 46.2 Å². The van der Waals surface area contributed by atoms with Gasteiger partial charge in [-0.2, -0.15) is 5.26 Å². The number of rotatable bonds is 5. The van der Waals surface area contributed by atoms with Crippen molar-refractivity contribution in [1.29, 1.82) is 5.26 Å². The van der Waals surface area contributed by atoms with Crippen molar-refractivity contribution < 1.29 is 9.21 Å². The number of nitriles is 1. The maximum Gasteiger partial charge on any atom is 0.257 e. The Morgan fingerprint density at radius 3 is 2.78 bits per heavy atom. The summed E-state index contributed by atoms with van der Waals surface area (Å²) >= 11 is 1.52. The van der Waals surface area contributed by atoms with Gasteiger partial charge in [-0.1, -0.05) is 6.07 Å². The topological polar surface area (TPSA) is 91.8 Å². The van der Waals surface area contributed by atoms with Gasteiger partial charge in [-0.3, -0.25) is 4.79 Å². The largest absolute Gasteiger partial charge is 0.420 e. The summed E-state index contributed by atoms with van der Waals surface area (Å²) in [5.74, 6) is 0.761. The Kier molecular flexibility index (Phi) is 4.45. The van der Waals surface area contributed by atoms with Crippen molar-refractivity contribution >= 4 is 22.9 Å². The van der Waals surface area contributed by atoms with E-state index < -0.39 is 0 Å². The lowest BCUT2D eigenvalue weighted by molar-refractivity contribution is -0.116. The van der Waals surface area contributed by atoms with E-state index in [0.29, 0.717) is 29.5 Å². The van der Waals surface area contributed by atoms with Gasteiger partial charge in [-0.25, -0.2) is 0 Å². The van der Waals surface area contributed by atoms with Crippen LogP contribution in [0.25, 0.3) is 10.8 Å². The van der Waals surface area contributed by atoms with Crippen LogP contribution >= 0.6 is 11.3 Å². The molecule has 2 aromatic heterocycles. The molecule has 0 saturated carbocycles. The molecule has 0 spiro atoms. The van der Waals surface area contributed by atoms with Gasteiger partial charge in [0.05, 0.1) is 16.5 Å². The number of hydrogen-bond donors (Lipinski definition) is 1. The predicted octanol–water partition coefficient (Wildman–Crippen LogP) is 3.24. The Hall–Kier alpha value is -2.98. The first-order valence-corrected chi connectivity index (χ1v) is 7.79. The van der Waals surface area contributed by atoms with E-state index in [-0.39, 0.29) is 12.3 Å². The van der Waals surface area contributed by atoms with Gasteiger partial charge in [0.1, 0.15) is 0 Å². The van der Waals surface area contributed by atoms with Crippen molar-refractivity contribution in [3.05, 3.63) is 53.2 Å². The number of aryl methyl sites for hydroxylation is 1. The van der Waals surface area contributed by atoms with Gasteiger partial charge >= 0.3 is 0 Å². The molecule has 0 radical (unpaired) electrons. The third-order valence-electron chi connectivity index (χ3n) is 3.06. The van der Waals surface area contributed by atoms with Crippen LogP contribution in [0.3, 0.4) is 0 Å². The minimum atomic E-state index is -0.148. The number of aromatic nitrogens is 2. The molecule has 0 aliphatic rings. The fraction of sp³-hybridized carbons (Fsp3) is 0.125. The number of benzene rings is 1. The second kappa shape index (κ2) is 6.85. The maximum atomic E-state index is 11.9. The molecule has 2 heterocycles. The van der Waals surface area contributed by atoms with Gasteiger partial charge in [0, 0.05) is 18.5 Å². The van der Waals surface area contributed by atoms with Crippen LogP contribution in [0.2, 0.25) is 0 Å². The number of nitrogens with zero attached hydrogens (tertiary/aromatic N) is 3. The molecule has 0 atom stereocenters. The van der Waals surface area contributed by atoms with Gasteiger partial charge < -0.3 is 9.73 Å². The third kappa shape index (κ3) is 3.81. The van der Waals surface area contributed by atoms with E-state index in [1.54, 1.807) is 24.3 Å². The minimum absolute atomic E-state index is 0.148. The van der Waals surface area contributed by atoms with Gasteiger partial charge in [0.2, 0.25) is 11.8 Å². The van der Waals surface area contributed by atoms with E-state index in [9.17, 15) is 4.79 Å². The summed E-state index contributed by atoms with van der Waals surface area (Å²) < 4.78 is 5.53. The zero-order chi connectivity index (χ0) is 16.1. The molecule has 6 nitrogen and oxygen atoms in total. The van der Waals surface area contributed by atoms with Crippen LogP contribution in [0.4, 0.5) is 5.69 Å². The van der Waals surface area contributed by atoms with E-state index in [0.717, 1.165) is 4.88 Å². The molecule has 3 rings (SSSR count). The van der Waals surface area contributed by atoms with Crippen molar-refractivity contribution in [3.8, 4) is 16.8 Å². The molecule has 0 unspecified atom stereocenters. The van der Waals surface area contributed by atoms with Gasteiger partial charge in [0.25, 0.3) is 5.89 Å². The molecule has 3 aromatic rings. The summed E-state index contributed by atoms with van der Waals surface area (Å²) in [4.78, 5) is 12.8. The summed E-state index contributed by atoms with van der Waals surface area (Å²) in [5, 5.41) is 21.3. The van der Waals surface area contributed by atoms with E-state index in [1.807, 2.05) is 23.6 Å². The molecule has 23 heavy (non-hydrogen) atoms. The van der Waals surface area contributed by atoms with Crippen molar-refractivity contribution in [2.45, 2.75) is 12.8 Å². The zero-order valence-electron chi connectivity index (χ0n) is 12.0. The lowest BCUT2D eigenvalue weighted by Crippen LogP contribution is -2.12. The first kappa shape index (κ1) is 14.9.